The van der Waals surface area contributed by atoms with Gasteiger partial charge >= 0.3 is 0 Å². The fraction of sp³-hybridized carbons (Fsp3) is 0.200. The summed E-state index contributed by atoms with van der Waals surface area (Å²) in [6, 6.07) is 24.4. The Hall–Kier alpha value is -3.60. The molecule has 3 aromatic carbocycles. The molecule has 0 fully saturated rings. The molecule has 0 aliphatic carbocycles. The van der Waals surface area contributed by atoms with Gasteiger partial charge in [0.2, 0.25) is 0 Å². The minimum absolute atomic E-state index is 0.129. The number of hydrogen-bond donors (Lipinski definition) is 1. The number of carbonyl (C=O) groups excluding carboxylic acids is 2. The number of nitrogens with zero attached hydrogens (tertiary/aromatic N) is 1. The Morgan fingerprint density at radius 2 is 1.60 bits per heavy atom. The molecule has 0 heterocycles. The van der Waals surface area contributed by atoms with Gasteiger partial charge in [-0.15, -0.1) is 0 Å². The molecule has 0 saturated carbocycles. The third-order valence-electron chi connectivity index (χ3n) is 4.72. The van der Waals surface area contributed by atoms with Crippen molar-refractivity contribution in [3.63, 3.8) is 0 Å². The minimum atomic E-state index is -0.317. The Bertz CT molecular complexity index is 1000. The summed E-state index contributed by atoms with van der Waals surface area (Å²) >= 11 is 0. The van der Waals surface area contributed by atoms with Crippen molar-refractivity contribution in [1.29, 1.82) is 0 Å². The van der Waals surface area contributed by atoms with Crippen LogP contribution in [0, 0.1) is 0 Å². The first-order valence-corrected chi connectivity index (χ1v) is 9.97. The molecule has 30 heavy (non-hydrogen) atoms. The van der Waals surface area contributed by atoms with Crippen LogP contribution < -0.4 is 10.1 Å². The van der Waals surface area contributed by atoms with Gasteiger partial charge in [-0.25, -0.2) is 0 Å². The molecule has 0 aliphatic heterocycles. The number of para-hydroxylation sites is 1. The van der Waals surface area contributed by atoms with E-state index in [1.165, 1.54) is 0 Å². The number of anilines is 1. The van der Waals surface area contributed by atoms with Gasteiger partial charge in [-0.1, -0.05) is 61.5 Å². The molecule has 0 bridgehead atoms. The van der Waals surface area contributed by atoms with Crippen molar-refractivity contribution >= 4 is 17.5 Å². The number of aryl methyl sites for hydroxylation is 1. The fourth-order valence-electron chi connectivity index (χ4n) is 3.10. The average Bonchev–Trinajstić information content (AvgIpc) is 2.78. The molecule has 0 unspecified atom stereocenters. The van der Waals surface area contributed by atoms with Gasteiger partial charge < -0.3 is 15.0 Å². The van der Waals surface area contributed by atoms with Crippen molar-refractivity contribution in [2.45, 2.75) is 19.9 Å². The summed E-state index contributed by atoms with van der Waals surface area (Å²) < 4.78 is 5.60. The van der Waals surface area contributed by atoms with Crippen LogP contribution in [0.15, 0.2) is 78.9 Å². The van der Waals surface area contributed by atoms with Crippen LogP contribution in [0.25, 0.3) is 0 Å². The quantitative estimate of drug-likeness (QED) is 0.602. The first-order valence-electron chi connectivity index (χ1n) is 9.97. The third kappa shape index (κ3) is 5.70. The highest BCUT2D eigenvalue weighted by molar-refractivity contribution is 6.03. The molecule has 0 radical (unpaired) electrons. The molecule has 5 nitrogen and oxygen atoms in total. The number of hydrogen-bond acceptors (Lipinski definition) is 3. The maximum Gasteiger partial charge on any atom is 0.262 e. The van der Waals surface area contributed by atoms with E-state index >= 15 is 0 Å². The number of carbonyl (C=O) groups is 2. The molecule has 154 valence electrons. The topological polar surface area (TPSA) is 58.6 Å². The highest BCUT2D eigenvalue weighted by Crippen LogP contribution is 2.19. The Kier molecular flexibility index (Phi) is 7.22. The number of benzene rings is 3. The van der Waals surface area contributed by atoms with Crippen molar-refractivity contribution in [2.75, 3.05) is 19.0 Å². The van der Waals surface area contributed by atoms with Crippen LogP contribution in [0.3, 0.4) is 0 Å². The van der Waals surface area contributed by atoms with Crippen molar-refractivity contribution in [3.05, 3.63) is 95.6 Å². The zero-order chi connectivity index (χ0) is 21.3. The Balaban J connectivity index is 1.64. The zero-order valence-corrected chi connectivity index (χ0v) is 17.3. The Labute approximate surface area is 177 Å². The lowest BCUT2D eigenvalue weighted by molar-refractivity contribution is -0.118. The van der Waals surface area contributed by atoms with Gasteiger partial charge in [0.25, 0.3) is 11.8 Å². The summed E-state index contributed by atoms with van der Waals surface area (Å²) in [6.07, 6.45) is 0.898. The molecule has 5 heteroatoms. The van der Waals surface area contributed by atoms with E-state index in [2.05, 4.69) is 12.2 Å². The maximum absolute atomic E-state index is 12.9. The van der Waals surface area contributed by atoms with Crippen LogP contribution in [0.2, 0.25) is 0 Å². The zero-order valence-electron chi connectivity index (χ0n) is 17.3. The smallest absolute Gasteiger partial charge is 0.262 e. The summed E-state index contributed by atoms with van der Waals surface area (Å²) in [4.78, 5) is 27.0. The lowest BCUT2D eigenvalue weighted by Crippen LogP contribution is -2.28. The molecule has 0 atom stereocenters. The van der Waals surface area contributed by atoms with Gasteiger partial charge in [0, 0.05) is 13.6 Å². The maximum atomic E-state index is 12.9. The largest absolute Gasteiger partial charge is 0.484 e. The molecular formula is C25H26N2O3. The molecule has 3 rings (SSSR count). The monoisotopic (exact) mass is 402 g/mol. The van der Waals surface area contributed by atoms with E-state index in [1.807, 2.05) is 54.6 Å². The number of rotatable bonds is 8. The standard InChI is InChI=1S/C25H26N2O3/c1-3-19-12-9-13-21(16-19)30-18-24(28)26-23-15-8-7-14-22(23)25(29)27(2)17-20-10-5-4-6-11-20/h4-16H,3,17-18H2,1-2H3,(H,26,28). The highest BCUT2D eigenvalue weighted by atomic mass is 16.5. The fourth-order valence-corrected chi connectivity index (χ4v) is 3.10. The molecule has 1 N–H and O–H groups in total. The first kappa shape index (κ1) is 21.1. The summed E-state index contributed by atoms with van der Waals surface area (Å²) in [5, 5.41) is 2.80. The van der Waals surface area contributed by atoms with E-state index in [9.17, 15) is 9.59 Å². The van der Waals surface area contributed by atoms with Crippen LogP contribution in [0.4, 0.5) is 5.69 Å². The highest BCUT2D eigenvalue weighted by Gasteiger charge is 2.17. The van der Waals surface area contributed by atoms with Crippen molar-refractivity contribution in [3.8, 4) is 5.75 Å². The Morgan fingerprint density at radius 1 is 0.900 bits per heavy atom. The summed E-state index contributed by atoms with van der Waals surface area (Å²) in [5.41, 5.74) is 3.10. The minimum Gasteiger partial charge on any atom is -0.484 e. The molecule has 0 spiro atoms. The van der Waals surface area contributed by atoms with Crippen LogP contribution >= 0.6 is 0 Å². The first-order chi connectivity index (χ1) is 14.6. The average molecular weight is 402 g/mol. The number of nitrogens with one attached hydrogen (secondary N) is 1. The van der Waals surface area contributed by atoms with E-state index in [-0.39, 0.29) is 18.4 Å². The normalized spacial score (nSPS) is 10.3. The van der Waals surface area contributed by atoms with Gasteiger partial charge in [-0.05, 0) is 41.8 Å². The van der Waals surface area contributed by atoms with E-state index in [0.29, 0.717) is 23.5 Å². The lowest BCUT2D eigenvalue weighted by atomic mass is 10.1. The lowest BCUT2D eigenvalue weighted by Gasteiger charge is -2.19. The number of ether oxygens (including phenoxy) is 1. The van der Waals surface area contributed by atoms with Crippen molar-refractivity contribution < 1.29 is 14.3 Å². The van der Waals surface area contributed by atoms with E-state index < -0.39 is 0 Å². The summed E-state index contributed by atoms with van der Waals surface area (Å²) in [5.74, 6) is 0.172. The molecule has 0 saturated heterocycles. The molecular weight excluding hydrogens is 376 g/mol. The van der Waals surface area contributed by atoms with E-state index in [4.69, 9.17) is 4.74 Å². The molecule has 0 aliphatic rings. The van der Waals surface area contributed by atoms with Crippen molar-refractivity contribution in [2.24, 2.45) is 0 Å². The van der Waals surface area contributed by atoms with Crippen LogP contribution in [0.5, 0.6) is 5.75 Å². The molecule has 0 aromatic heterocycles. The second-order valence-electron chi connectivity index (χ2n) is 7.03. The van der Waals surface area contributed by atoms with E-state index in [1.54, 1.807) is 36.2 Å². The van der Waals surface area contributed by atoms with Gasteiger partial charge in [-0.2, -0.15) is 0 Å². The molecule has 3 aromatic rings. The predicted molar refractivity (Wildman–Crippen MR) is 119 cm³/mol. The third-order valence-corrected chi connectivity index (χ3v) is 4.72. The van der Waals surface area contributed by atoms with Gasteiger partial charge in [0.1, 0.15) is 5.75 Å². The van der Waals surface area contributed by atoms with Crippen molar-refractivity contribution in [1.82, 2.24) is 4.90 Å². The second-order valence-corrected chi connectivity index (χ2v) is 7.03. The Morgan fingerprint density at radius 3 is 2.37 bits per heavy atom. The van der Waals surface area contributed by atoms with Crippen LogP contribution in [-0.2, 0) is 17.8 Å². The van der Waals surface area contributed by atoms with Crippen LogP contribution in [0.1, 0.15) is 28.4 Å². The van der Waals surface area contributed by atoms with Gasteiger partial charge in [-0.3, -0.25) is 9.59 Å². The summed E-state index contributed by atoms with van der Waals surface area (Å²) in [7, 11) is 1.75. The van der Waals surface area contributed by atoms with E-state index in [0.717, 1.165) is 17.5 Å². The van der Waals surface area contributed by atoms with Gasteiger partial charge in [0.15, 0.2) is 6.61 Å². The number of amides is 2. The summed E-state index contributed by atoms with van der Waals surface area (Å²) in [6.45, 7) is 2.42. The SMILES string of the molecule is CCc1cccc(OCC(=O)Nc2ccccc2C(=O)N(C)Cc2ccccc2)c1. The van der Waals surface area contributed by atoms with Gasteiger partial charge in [0.05, 0.1) is 11.3 Å². The second kappa shape index (κ2) is 10.3. The molecule has 2 amide bonds. The predicted octanol–water partition coefficient (Wildman–Crippen LogP) is 4.54. The van der Waals surface area contributed by atoms with Crippen LogP contribution in [-0.4, -0.2) is 30.4 Å².